The Morgan fingerprint density at radius 1 is 1.40 bits per heavy atom. The average Bonchev–Trinajstić information content (AvgIpc) is 1.86. The second-order valence-corrected chi connectivity index (χ2v) is 3.18. The third-order valence-electron chi connectivity index (χ3n) is 1.54. The summed E-state index contributed by atoms with van der Waals surface area (Å²) in [6.07, 6.45) is 1.84. The van der Waals surface area contributed by atoms with Gasteiger partial charge in [0, 0.05) is 6.42 Å². The van der Waals surface area contributed by atoms with Gasteiger partial charge in [-0.1, -0.05) is 20.3 Å². The highest BCUT2D eigenvalue weighted by Gasteiger charge is 2.28. The van der Waals surface area contributed by atoms with Crippen molar-refractivity contribution in [3.63, 3.8) is 0 Å². The van der Waals surface area contributed by atoms with E-state index in [1.807, 2.05) is 13.8 Å². The van der Waals surface area contributed by atoms with E-state index in [0.717, 1.165) is 6.42 Å². The van der Waals surface area contributed by atoms with Crippen LogP contribution in [0.5, 0.6) is 0 Å². The van der Waals surface area contributed by atoms with Gasteiger partial charge in [0.2, 0.25) is 0 Å². The maximum absolute atomic E-state index is 9.26. The number of hydrogen-bond acceptors (Lipinski definition) is 3. The Labute approximate surface area is 67.7 Å². The van der Waals surface area contributed by atoms with Gasteiger partial charge in [0.05, 0.1) is 5.25 Å². The van der Waals surface area contributed by atoms with E-state index in [9.17, 15) is 10.2 Å². The van der Waals surface area contributed by atoms with Crippen LogP contribution in [-0.2, 0) is 0 Å². The Balaban J connectivity index is 3.82. The van der Waals surface area contributed by atoms with Gasteiger partial charge in [-0.05, 0) is 6.42 Å². The van der Waals surface area contributed by atoms with E-state index in [2.05, 4.69) is 12.6 Å². The minimum absolute atomic E-state index is 0.326. The minimum Gasteiger partial charge on any atom is -0.365 e. The largest absolute Gasteiger partial charge is 0.365 e. The van der Waals surface area contributed by atoms with E-state index in [4.69, 9.17) is 0 Å². The van der Waals surface area contributed by atoms with Crippen molar-refractivity contribution in [2.45, 2.75) is 44.1 Å². The van der Waals surface area contributed by atoms with Gasteiger partial charge in [0.15, 0.2) is 5.79 Å². The molecule has 0 aliphatic heterocycles. The highest BCUT2D eigenvalue weighted by atomic mass is 32.1. The van der Waals surface area contributed by atoms with Gasteiger partial charge in [-0.3, -0.25) is 0 Å². The zero-order chi connectivity index (χ0) is 8.20. The molecule has 0 saturated heterocycles. The van der Waals surface area contributed by atoms with Crippen LogP contribution in [0.3, 0.4) is 0 Å². The highest BCUT2D eigenvalue weighted by molar-refractivity contribution is 7.81. The molecule has 0 aromatic rings. The van der Waals surface area contributed by atoms with E-state index >= 15 is 0 Å². The minimum atomic E-state index is -1.58. The molecule has 62 valence electrons. The molecule has 0 aliphatic rings. The lowest BCUT2D eigenvalue weighted by atomic mass is 10.1. The maximum atomic E-state index is 9.26. The zero-order valence-electron chi connectivity index (χ0n) is 6.54. The van der Waals surface area contributed by atoms with E-state index < -0.39 is 5.79 Å². The number of thiol groups is 1. The van der Waals surface area contributed by atoms with Crippen LogP contribution in [0, 0.1) is 0 Å². The summed E-state index contributed by atoms with van der Waals surface area (Å²) in [4.78, 5) is 0. The molecule has 0 fully saturated rings. The fourth-order valence-corrected chi connectivity index (χ4v) is 0.991. The second kappa shape index (κ2) is 4.21. The summed E-state index contributed by atoms with van der Waals surface area (Å²) < 4.78 is 0. The standard InChI is InChI=1S/C7H16O2S/c1-3-5-7(8,9)6(10)4-2/h6,8-10H,3-5H2,1-2H3. The molecule has 3 heteroatoms. The molecule has 2 nitrogen and oxygen atoms in total. The fraction of sp³-hybridized carbons (Fsp3) is 1.00. The summed E-state index contributed by atoms with van der Waals surface area (Å²) in [5.41, 5.74) is 0. The van der Waals surface area contributed by atoms with Gasteiger partial charge in [-0.15, -0.1) is 0 Å². The highest BCUT2D eigenvalue weighted by Crippen LogP contribution is 2.20. The predicted molar refractivity (Wildman–Crippen MR) is 45.1 cm³/mol. The Hall–Kier alpha value is 0.270. The Bertz CT molecular complexity index is 93.6. The van der Waals surface area contributed by atoms with E-state index in [0.29, 0.717) is 12.8 Å². The summed E-state index contributed by atoms with van der Waals surface area (Å²) in [6, 6.07) is 0. The second-order valence-electron chi connectivity index (χ2n) is 2.55. The van der Waals surface area contributed by atoms with E-state index in [1.165, 1.54) is 0 Å². The van der Waals surface area contributed by atoms with E-state index in [1.54, 1.807) is 0 Å². The third kappa shape index (κ3) is 2.90. The maximum Gasteiger partial charge on any atom is 0.174 e. The first-order valence-corrected chi connectivity index (χ1v) is 4.19. The molecule has 0 aromatic heterocycles. The smallest absolute Gasteiger partial charge is 0.174 e. The van der Waals surface area contributed by atoms with Gasteiger partial charge >= 0.3 is 0 Å². The molecule has 0 saturated carbocycles. The van der Waals surface area contributed by atoms with Gasteiger partial charge in [-0.2, -0.15) is 12.6 Å². The zero-order valence-corrected chi connectivity index (χ0v) is 7.43. The molecule has 0 heterocycles. The van der Waals surface area contributed by atoms with Crippen LogP contribution < -0.4 is 0 Å². The van der Waals surface area contributed by atoms with Crippen LogP contribution in [0.25, 0.3) is 0 Å². The molecule has 0 spiro atoms. The van der Waals surface area contributed by atoms with Gasteiger partial charge in [0.25, 0.3) is 0 Å². The van der Waals surface area contributed by atoms with Crippen molar-refractivity contribution in [2.75, 3.05) is 0 Å². The molecule has 1 unspecified atom stereocenters. The molecule has 0 bridgehead atoms. The summed E-state index contributed by atoms with van der Waals surface area (Å²) in [5, 5.41) is 18.2. The molecule has 0 radical (unpaired) electrons. The van der Waals surface area contributed by atoms with Crippen molar-refractivity contribution in [2.24, 2.45) is 0 Å². The van der Waals surface area contributed by atoms with Gasteiger partial charge < -0.3 is 10.2 Å². The molecule has 10 heavy (non-hydrogen) atoms. The van der Waals surface area contributed by atoms with Crippen molar-refractivity contribution in [3.05, 3.63) is 0 Å². The third-order valence-corrected chi connectivity index (χ3v) is 2.32. The normalized spacial score (nSPS) is 15.3. The SMILES string of the molecule is CCCC(O)(O)C(S)CC. The van der Waals surface area contributed by atoms with Crippen LogP contribution in [0.1, 0.15) is 33.1 Å². The van der Waals surface area contributed by atoms with Crippen LogP contribution in [0.4, 0.5) is 0 Å². The Morgan fingerprint density at radius 3 is 2.20 bits per heavy atom. The lowest BCUT2D eigenvalue weighted by molar-refractivity contribution is -0.165. The lowest BCUT2D eigenvalue weighted by Crippen LogP contribution is -2.38. The Morgan fingerprint density at radius 2 is 1.90 bits per heavy atom. The summed E-state index contributed by atoms with van der Waals surface area (Å²) in [7, 11) is 0. The quantitative estimate of drug-likeness (QED) is 0.431. The number of rotatable bonds is 4. The Kier molecular flexibility index (Phi) is 4.32. The number of hydrogen-bond donors (Lipinski definition) is 3. The van der Waals surface area contributed by atoms with Crippen molar-refractivity contribution >= 4 is 12.6 Å². The number of aliphatic hydroxyl groups is 2. The average molecular weight is 164 g/mol. The van der Waals surface area contributed by atoms with Crippen LogP contribution in [0.15, 0.2) is 0 Å². The van der Waals surface area contributed by atoms with Crippen LogP contribution >= 0.6 is 12.6 Å². The first kappa shape index (κ1) is 10.3. The molecule has 2 N–H and O–H groups in total. The monoisotopic (exact) mass is 164 g/mol. The van der Waals surface area contributed by atoms with Crippen molar-refractivity contribution in [3.8, 4) is 0 Å². The van der Waals surface area contributed by atoms with Crippen molar-refractivity contribution < 1.29 is 10.2 Å². The summed E-state index contributed by atoms with van der Waals surface area (Å²) in [6.45, 7) is 3.80. The molecule has 1 atom stereocenters. The molecule has 0 aromatic carbocycles. The van der Waals surface area contributed by atoms with Crippen LogP contribution in [0.2, 0.25) is 0 Å². The molecule has 0 aliphatic carbocycles. The predicted octanol–water partition coefficient (Wildman–Crippen LogP) is 1.18. The van der Waals surface area contributed by atoms with E-state index in [-0.39, 0.29) is 5.25 Å². The molecular formula is C7H16O2S. The van der Waals surface area contributed by atoms with Crippen molar-refractivity contribution in [1.29, 1.82) is 0 Å². The lowest BCUT2D eigenvalue weighted by Gasteiger charge is -2.26. The van der Waals surface area contributed by atoms with Crippen molar-refractivity contribution in [1.82, 2.24) is 0 Å². The molecule has 0 amide bonds. The van der Waals surface area contributed by atoms with Gasteiger partial charge in [-0.25, -0.2) is 0 Å². The first-order chi connectivity index (χ1) is 4.54. The topological polar surface area (TPSA) is 40.5 Å². The summed E-state index contributed by atoms with van der Waals surface area (Å²) >= 11 is 4.04. The molecular weight excluding hydrogens is 148 g/mol. The van der Waals surface area contributed by atoms with Crippen LogP contribution in [-0.4, -0.2) is 21.3 Å². The van der Waals surface area contributed by atoms with Gasteiger partial charge in [0.1, 0.15) is 0 Å². The summed E-state index contributed by atoms with van der Waals surface area (Å²) in [5.74, 6) is -1.58. The fourth-order valence-electron chi connectivity index (χ4n) is 0.861. The molecule has 0 rings (SSSR count). The first-order valence-electron chi connectivity index (χ1n) is 3.67.